The van der Waals surface area contributed by atoms with Gasteiger partial charge in [-0.2, -0.15) is 16.8 Å². The summed E-state index contributed by atoms with van der Waals surface area (Å²) in [6.07, 6.45) is -11.3. The average molecular weight is 496 g/mol. The van der Waals surface area contributed by atoms with Crippen molar-refractivity contribution in [1.29, 1.82) is 0 Å². The molecule has 10 atom stereocenters. The van der Waals surface area contributed by atoms with Gasteiger partial charge < -0.3 is 33.9 Å². The Morgan fingerprint density at radius 2 is 1.58 bits per heavy atom. The van der Waals surface area contributed by atoms with Gasteiger partial charge in [0.2, 0.25) is 0 Å². The van der Waals surface area contributed by atoms with Crippen LogP contribution in [-0.4, -0.2) is 112 Å². The molecule has 3 rings (SSSR count). The molecule has 3 saturated heterocycles. The van der Waals surface area contributed by atoms with Crippen LogP contribution >= 0.6 is 0 Å². The molecule has 3 heterocycles. The van der Waals surface area contributed by atoms with Gasteiger partial charge in [-0.3, -0.25) is 9.11 Å². The van der Waals surface area contributed by atoms with Crippen LogP contribution in [0.4, 0.5) is 0 Å². The van der Waals surface area contributed by atoms with Crippen molar-refractivity contribution in [2.75, 3.05) is 20.3 Å². The second-order valence-electron chi connectivity index (χ2n) is 7.23. The highest BCUT2D eigenvalue weighted by Crippen LogP contribution is 2.37. The molecule has 0 aromatic heterocycles. The monoisotopic (exact) mass is 496 g/mol. The van der Waals surface area contributed by atoms with Crippen molar-refractivity contribution in [2.45, 2.75) is 62.2 Å². The average Bonchev–Trinajstić information content (AvgIpc) is 2.95. The van der Waals surface area contributed by atoms with Gasteiger partial charge in [0.15, 0.2) is 18.7 Å². The van der Waals surface area contributed by atoms with E-state index >= 15 is 0 Å². The number of rotatable bonds is 8. The smallest absolute Gasteiger partial charge is 0.394 e. The Morgan fingerprint density at radius 3 is 2.13 bits per heavy atom. The lowest BCUT2D eigenvalue weighted by Gasteiger charge is -2.45. The molecule has 0 aliphatic carbocycles. The normalized spacial score (nSPS) is 43.8. The van der Waals surface area contributed by atoms with Crippen molar-refractivity contribution in [3.05, 3.63) is 0 Å². The van der Waals surface area contributed by atoms with E-state index in [1.54, 1.807) is 0 Å². The summed E-state index contributed by atoms with van der Waals surface area (Å²) >= 11 is 0. The van der Waals surface area contributed by atoms with Crippen LogP contribution in [0.5, 0.6) is 0 Å². The summed E-state index contributed by atoms with van der Waals surface area (Å²) < 4.78 is 98.9. The first-order valence-electron chi connectivity index (χ1n) is 9.05. The predicted molar refractivity (Wildman–Crippen MR) is 94.0 cm³/mol. The highest BCUT2D eigenvalue weighted by Gasteiger charge is 2.57. The van der Waals surface area contributed by atoms with Crippen LogP contribution in [0.2, 0.25) is 0 Å². The van der Waals surface area contributed by atoms with E-state index in [-0.39, 0.29) is 6.61 Å². The molecule has 0 amide bonds. The van der Waals surface area contributed by atoms with Gasteiger partial charge in [0.1, 0.15) is 36.6 Å². The summed E-state index contributed by atoms with van der Waals surface area (Å²) in [6, 6.07) is 0. The van der Waals surface area contributed by atoms with Crippen molar-refractivity contribution in [2.24, 2.45) is 5.92 Å². The second-order valence-corrected chi connectivity index (χ2v) is 9.33. The number of hydrogen-bond acceptors (Lipinski definition) is 13. The fraction of sp³-hybridized carbons (Fsp3) is 1.00. The molecule has 4 unspecified atom stereocenters. The van der Waals surface area contributed by atoms with Crippen LogP contribution in [0.3, 0.4) is 0 Å². The molecule has 3 aliphatic rings. The summed E-state index contributed by atoms with van der Waals surface area (Å²) in [7, 11) is -8.59. The lowest BCUT2D eigenvalue weighted by molar-refractivity contribution is -0.327. The number of hydrogen-bond donors (Lipinski definition) is 4. The summed E-state index contributed by atoms with van der Waals surface area (Å²) in [5.41, 5.74) is 0. The first-order valence-corrected chi connectivity index (χ1v) is 11.8. The molecule has 4 N–H and O–H groups in total. The van der Waals surface area contributed by atoms with Gasteiger partial charge in [-0.1, -0.05) is 6.92 Å². The molecular formula is C14H24O15S2. The lowest BCUT2D eigenvalue weighted by Crippen LogP contribution is -2.61. The minimum atomic E-state index is -4.91. The third kappa shape index (κ3) is 5.69. The maximum Gasteiger partial charge on any atom is 0.397 e. The van der Waals surface area contributed by atoms with Gasteiger partial charge in [0.05, 0.1) is 13.2 Å². The van der Waals surface area contributed by atoms with Crippen LogP contribution < -0.4 is 0 Å². The number of methoxy groups -OCH3 is 1. The number of fused-ring (bicyclic) bond motifs is 2. The van der Waals surface area contributed by atoms with E-state index in [0.717, 1.165) is 0 Å². The molecule has 182 valence electrons. The second kappa shape index (κ2) is 9.37. The Bertz CT molecular complexity index is 829. The molecule has 3 fully saturated rings. The molecule has 0 spiro atoms. The van der Waals surface area contributed by atoms with Gasteiger partial charge in [0.25, 0.3) is 0 Å². The van der Waals surface area contributed by atoms with Crippen molar-refractivity contribution in [1.82, 2.24) is 0 Å². The van der Waals surface area contributed by atoms with Crippen molar-refractivity contribution in [3.8, 4) is 0 Å². The zero-order valence-electron chi connectivity index (χ0n) is 16.3. The molecule has 0 radical (unpaired) electrons. The Kier molecular flexibility index (Phi) is 7.58. The summed E-state index contributed by atoms with van der Waals surface area (Å²) in [6.45, 7) is 0.592. The van der Waals surface area contributed by atoms with E-state index in [0.29, 0.717) is 0 Å². The summed E-state index contributed by atoms with van der Waals surface area (Å²) in [4.78, 5) is 0. The molecule has 17 heteroatoms. The molecule has 31 heavy (non-hydrogen) atoms. The van der Waals surface area contributed by atoms with E-state index in [1.165, 1.54) is 14.0 Å². The Morgan fingerprint density at radius 1 is 0.968 bits per heavy atom. The Labute approximate surface area is 178 Å². The van der Waals surface area contributed by atoms with E-state index in [4.69, 9.17) is 32.8 Å². The third-order valence-corrected chi connectivity index (χ3v) is 6.16. The zero-order chi connectivity index (χ0) is 23.1. The molecule has 0 saturated carbocycles. The van der Waals surface area contributed by atoms with E-state index in [1.807, 2.05) is 0 Å². The largest absolute Gasteiger partial charge is 0.397 e. The lowest BCUT2D eigenvalue weighted by atomic mass is 9.90. The molecule has 15 nitrogen and oxygen atoms in total. The highest BCUT2D eigenvalue weighted by atomic mass is 32.3. The van der Waals surface area contributed by atoms with Crippen LogP contribution in [-0.2, 0) is 52.8 Å². The van der Waals surface area contributed by atoms with Gasteiger partial charge in [0, 0.05) is 13.0 Å². The number of ether oxygens (including phenoxy) is 5. The molecule has 0 aromatic rings. The fourth-order valence-corrected chi connectivity index (χ4v) is 4.88. The van der Waals surface area contributed by atoms with Crippen LogP contribution in [0, 0.1) is 5.92 Å². The molecule has 2 bridgehead atoms. The number of aliphatic hydroxyl groups excluding tert-OH is 2. The topological polar surface area (TPSA) is 214 Å². The van der Waals surface area contributed by atoms with Crippen molar-refractivity contribution in [3.63, 3.8) is 0 Å². The first-order chi connectivity index (χ1) is 14.3. The molecule has 0 aromatic carbocycles. The van der Waals surface area contributed by atoms with E-state index < -0.39 is 88.6 Å². The van der Waals surface area contributed by atoms with Gasteiger partial charge >= 0.3 is 20.8 Å². The summed E-state index contributed by atoms with van der Waals surface area (Å²) in [5, 5.41) is 20.1. The minimum Gasteiger partial charge on any atom is -0.394 e. The molecular weight excluding hydrogens is 472 g/mol. The standard InChI is InChI=1S/C14H24O15S2/c1-5-8(16)13(25-6(3-15)9(5)28-30(17,18)19)27-10-7-4-24-11(10)12(14(23-2)26-7)29-31(20,21)22/h5-16H,3-4H2,1-2H3,(H,17,18,19)(H,20,21,22)/t5-,6?,7?,8?,9-,10+,11?,12-,13+,14+/m1/s1. The third-order valence-electron chi connectivity index (χ3n) is 5.22. The minimum absolute atomic E-state index is 0.0587. The zero-order valence-corrected chi connectivity index (χ0v) is 17.9. The van der Waals surface area contributed by atoms with Crippen LogP contribution in [0.1, 0.15) is 6.92 Å². The molecule has 3 aliphatic heterocycles. The number of aliphatic hydroxyl groups is 2. The highest BCUT2D eigenvalue weighted by molar-refractivity contribution is 7.81. The Hall–Kier alpha value is -0.540. The first kappa shape index (κ1) is 25.1. The quantitative estimate of drug-likeness (QED) is 0.250. The summed E-state index contributed by atoms with van der Waals surface area (Å²) in [5.74, 6) is -0.988. The maximum absolute atomic E-state index is 11.2. The fourth-order valence-electron chi connectivity index (χ4n) is 3.82. The SMILES string of the molecule is CO[C@H]1OC2COC([C@H]2O[C@@H]2OC(CO)[C@H](OS(=O)(=O)O)[C@H](C)C2O)[C@H]1OS(=O)(=O)O. The van der Waals surface area contributed by atoms with Crippen molar-refractivity contribution >= 4 is 20.8 Å². The Balaban J connectivity index is 1.77. The van der Waals surface area contributed by atoms with Gasteiger partial charge in [-0.25, -0.2) is 8.37 Å². The maximum atomic E-state index is 11.2. The van der Waals surface area contributed by atoms with Crippen LogP contribution in [0.15, 0.2) is 0 Å². The van der Waals surface area contributed by atoms with E-state index in [9.17, 15) is 27.0 Å². The van der Waals surface area contributed by atoms with Gasteiger partial charge in [-0.15, -0.1) is 0 Å². The van der Waals surface area contributed by atoms with Crippen LogP contribution in [0.25, 0.3) is 0 Å². The predicted octanol–water partition coefficient (Wildman–Crippen LogP) is -2.77. The van der Waals surface area contributed by atoms with Gasteiger partial charge in [-0.05, 0) is 0 Å². The van der Waals surface area contributed by atoms with Crippen molar-refractivity contribution < 1.29 is 68.2 Å². The van der Waals surface area contributed by atoms with E-state index in [2.05, 4.69) is 8.37 Å².